The zero-order valence-corrected chi connectivity index (χ0v) is 14.0. The monoisotopic (exact) mass is 290 g/mol. The highest BCUT2D eigenvalue weighted by Crippen LogP contribution is 2.36. The molecule has 0 bridgehead atoms. The minimum atomic E-state index is 0.338. The number of aryl methyl sites for hydroxylation is 1. The third kappa shape index (κ3) is 4.99. The van der Waals surface area contributed by atoms with Crippen LogP contribution in [-0.4, -0.2) is 18.1 Å². The lowest BCUT2D eigenvalue weighted by molar-refractivity contribution is 0.0946. The molecule has 0 aromatic carbocycles. The van der Waals surface area contributed by atoms with Crippen molar-refractivity contribution < 1.29 is 4.74 Å². The molecule has 1 N–H and O–H groups in total. The number of hydrogen-bond acceptors (Lipinski definition) is 3. The Balaban J connectivity index is 2.04. The second-order valence-electron chi connectivity index (χ2n) is 7.07. The van der Waals surface area contributed by atoms with Crippen molar-refractivity contribution in [2.45, 2.75) is 71.9 Å². The minimum Gasteiger partial charge on any atom is -0.474 e. The smallest absolute Gasteiger partial charge is 0.214 e. The first-order valence-corrected chi connectivity index (χ1v) is 8.33. The van der Waals surface area contributed by atoms with E-state index in [4.69, 9.17) is 4.74 Å². The third-order valence-electron chi connectivity index (χ3n) is 4.38. The fraction of sp³-hybridized carbons (Fsp3) is 0.722. The van der Waals surface area contributed by atoms with Crippen LogP contribution in [0.2, 0.25) is 0 Å². The van der Waals surface area contributed by atoms with E-state index in [1.807, 2.05) is 7.05 Å². The van der Waals surface area contributed by atoms with Gasteiger partial charge in [0.05, 0.1) is 0 Å². The molecule has 0 saturated heterocycles. The standard InChI is InChI=1S/C18H30N2O/c1-5-6-15-11-14(13-19-4)12-17(20-15)21-16-7-9-18(2,3)10-8-16/h11-12,16,19H,5-10,13H2,1-4H3. The SMILES string of the molecule is CCCc1cc(CNC)cc(OC2CCC(C)(C)CC2)n1. The molecule has 1 aromatic rings. The Hall–Kier alpha value is -1.09. The van der Waals surface area contributed by atoms with Gasteiger partial charge in [-0.25, -0.2) is 4.98 Å². The van der Waals surface area contributed by atoms with Gasteiger partial charge in [0.1, 0.15) is 6.10 Å². The molecule has 0 unspecified atom stereocenters. The zero-order valence-electron chi connectivity index (χ0n) is 14.0. The molecule has 21 heavy (non-hydrogen) atoms. The van der Waals surface area contributed by atoms with Crippen LogP contribution in [0.1, 0.15) is 64.1 Å². The molecule has 1 aliphatic rings. The number of nitrogens with one attached hydrogen (secondary N) is 1. The summed E-state index contributed by atoms with van der Waals surface area (Å²) in [5.74, 6) is 0.816. The minimum absolute atomic E-state index is 0.338. The Morgan fingerprint density at radius 3 is 2.62 bits per heavy atom. The summed E-state index contributed by atoms with van der Waals surface area (Å²) in [5, 5.41) is 3.21. The van der Waals surface area contributed by atoms with Crippen molar-refractivity contribution in [3.8, 4) is 5.88 Å². The molecule has 2 rings (SSSR count). The fourth-order valence-corrected chi connectivity index (χ4v) is 3.03. The summed E-state index contributed by atoms with van der Waals surface area (Å²) < 4.78 is 6.18. The van der Waals surface area contributed by atoms with Crippen molar-refractivity contribution >= 4 is 0 Å². The Labute approximate surface area is 129 Å². The van der Waals surface area contributed by atoms with Gasteiger partial charge in [-0.15, -0.1) is 0 Å². The van der Waals surface area contributed by atoms with Crippen molar-refractivity contribution in [3.63, 3.8) is 0 Å². The summed E-state index contributed by atoms with van der Waals surface area (Å²) in [6.45, 7) is 7.77. The second kappa shape index (κ2) is 7.26. The van der Waals surface area contributed by atoms with Crippen LogP contribution in [0.3, 0.4) is 0 Å². The number of nitrogens with zero attached hydrogens (tertiary/aromatic N) is 1. The van der Waals surface area contributed by atoms with Crippen LogP contribution in [0.4, 0.5) is 0 Å². The summed E-state index contributed by atoms with van der Waals surface area (Å²) in [6.07, 6.45) is 7.26. The van der Waals surface area contributed by atoms with Crippen molar-refractivity contribution in [3.05, 3.63) is 23.4 Å². The molecule has 0 amide bonds. The highest BCUT2D eigenvalue weighted by Gasteiger charge is 2.28. The Morgan fingerprint density at radius 2 is 2.00 bits per heavy atom. The van der Waals surface area contributed by atoms with Gasteiger partial charge < -0.3 is 10.1 Å². The van der Waals surface area contributed by atoms with Crippen LogP contribution in [-0.2, 0) is 13.0 Å². The van der Waals surface area contributed by atoms with E-state index >= 15 is 0 Å². The predicted molar refractivity (Wildman–Crippen MR) is 87.7 cm³/mol. The van der Waals surface area contributed by atoms with Crippen molar-refractivity contribution in [2.75, 3.05) is 7.05 Å². The van der Waals surface area contributed by atoms with E-state index in [0.717, 1.165) is 43.8 Å². The van der Waals surface area contributed by atoms with Gasteiger partial charge in [0.2, 0.25) is 5.88 Å². The van der Waals surface area contributed by atoms with Crippen LogP contribution in [0.25, 0.3) is 0 Å². The lowest BCUT2D eigenvalue weighted by Crippen LogP contribution is -2.28. The van der Waals surface area contributed by atoms with E-state index in [1.54, 1.807) is 0 Å². The first-order valence-electron chi connectivity index (χ1n) is 8.33. The number of ether oxygens (including phenoxy) is 1. The highest BCUT2D eigenvalue weighted by molar-refractivity contribution is 5.25. The molecule has 1 aromatic heterocycles. The topological polar surface area (TPSA) is 34.1 Å². The summed E-state index contributed by atoms with van der Waals surface area (Å²) in [7, 11) is 1.98. The average Bonchev–Trinajstić information content (AvgIpc) is 2.42. The third-order valence-corrected chi connectivity index (χ3v) is 4.38. The van der Waals surface area contributed by atoms with Gasteiger partial charge in [-0.1, -0.05) is 27.2 Å². The summed E-state index contributed by atoms with van der Waals surface area (Å²) in [5.41, 5.74) is 2.90. The Bertz CT molecular complexity index is 422. The summed E-state index contributed by atoms with van der Waals surface area (Å²) in [4.78, 5) is 4.69. The lowest BCUT2D eigenvalue weighted by Gasteiger charge is -2.34. The molecule has 0 spiro atoms. The number of pyridine rings is 1. The first kappa shape index (κ1) is 16.3. The molecular formula is C18H30N2O. The summed E-state index contributed by atoms with van der Waals surface area (Å²) >= 11 is 0. The van der Waals surface area contributed by atoms with Crippen LogP contribution >= 0.6 is 0 Å². The molecule has 0 atom stereocenters. The van der Waals surface area contributed by atoms with Gasteiger partial charge >= 0.3 is 0 Å². The van der Waals surface area contributed by atoms with E-state index in [0.29, 0.717) is 11.5 Å². The number of rotatable bonds is 6. The average molecular weight is 290 g/mol. The van der Waals surface area contributed by atoms with E-state index in [2.05, 4.69) is 43.2 Å². The molecule has 1 heterocycles. The molecule has 118 valence electrons. The quantitative estimate of drug-likeness (QED) is 0.856. The molecule has 0 radical (unpaired) electrons. The van der Waals surface area contributed by atoms with Crippen LogP contribution in [0.5, 0.6) is 5.88 Å². The largest absolute Gasteiger partial charge is 0.474 e. The fourth-order valence-electron chi connectivity index (χ4n) is 3.03. The molecule has 3 nitrogen and oxygen atoms in total. The molecule has 1 fully saturated rings. The molecule has 3 heteroatoms. The van der Waals surface area contributed by atoms with Gasteiger partial charge in [-0.05, 0) is 56.2 Å². The Kier molecular flexibility index (Phi) is 5.63. The lowest BCUT2D eigenvalue weighted by atomic mass is 9.76. The number of aromatic nitrogens is 1. The van der Waals surface area contributed by atoms with E-state index in [1.165, 1.54) is 18.4 Å². The summed E-state index contributed by atoms with van der Waals surface area (Å²) in [6, 6.07) is 4.28. The maximum atomic E-state index is 6.18. The molecular weight excluding hydrogens is 260 g/mol. The van der Waals surface area contributed by atoms with Crippen LogP contribution < -0.4 is 10.1 Å². The van der Waals surface area contributed by atoms with Gasteiger partial charge in [0.25, 0.3) is 0 Å². The predicted octanol–water partition coefficient (Wildman–Crippen LogP) is 4.10. The van der Waals surface area contributed by atoms with E-state index < -0.39 is 0 Å². The van der Waals surface area contributed by atoms with Gasteiger partial charge in [0.15, 0.2) is 0 Å². The van der Waals surface area contributed by atoms with Crippen molar-refractivity contribution in [1.29, 1.82) is 0 Å². The normalized spacial score (nSPS) is 18.7. The van der Waals surface area contributed by atoms with E-state index in [-0.39, 0.29) is 0 Å². The molecule has 1 saturated carbocycles. The van der Waals surface area contributed by atoms with Crippen molar-refractivity contribution in [2.24, 2.45) is 5.41 Å². The second-order valence-corrected chi connectivity index (χ2v) is 7.07. The van der Waals surface area contributed by atoms with E-state index in [9.17, 15) is 0 Å². The number of hydrogen-bond donors (Lipinski definition) is 1. The van der Waals surface area contributed by atoms with Gasteiger partial charge in [0, 0.05) is 18.3 Å². The van der Waals surface area contributed by atoms with Crippen molar-refractivity contribution in [1.82, 2.24) is 10.3 Å². The maximum absolute atomic E-state index is 6.18. The van der Waals surface area contributed by atoms with Crippen LogP contribution in [0, 0.1) is 5.41 Å². The van der Waals surface area contributed by atoms with Crippen LogP contribution in [0.15, 0.2) is 12.1 Å². The Morgan fingerprint density at radius 1 is 1.29 bits per heavy atom. The first-order chi connectivity index (χ1) is 10.0. The maximum Gasteiger partial charge on any atom is 0.214 e. The zero-order chi connectivity index (χ0) is 15.3. The van der Waals surface area contributed by atoms with Gasteiger partial charge in [-0.2, -0.15) is 0 Å². The highest BCUT2D eigenvalue weighted by atomic mass is 16.5. The van der Waals surface area contributed by atoms with Gasteiger partial charge in [-0.3, -0.25) is 0 Å². The molecule has 0 aliphatic heterocycles. The molecule has 1 aliphatic carbocycles.